The summed E-state index contributed by atoms with van der Waals surface area (Å²) in [7, 11) is 0. The predicted octanol–water partition coefficient (Wildman–Crippen LogP) is 8.62. The average molecular weight is 503 g/mol. The Hall–Kier alpha value is -0.450. The fraction of sp³-hybridized carbons (Fsp3) is 0.760. The largest absolute Gasteiger partial charge is 0.508 e. The molecule has 0 amide bonds. The van der Waals surface area contributed by atoms with E-state index in [2.05, 4.69) is 29.5 Å². The Labute approximate surface area is 187 Å². The Morgan fingerprint density at radius 3 is 1.68 bits per heavy atom. The molecule has 3 heteroatoms. The van der Waals surface area contributed by atoms with Gasteiger partial charge in [0, 0.05) is 3.92 Å². The van der Waals surface area contributed by atoms with Crippen molar-refractivity contribution in [2.45, 2.75) is 121 Å². The molecule has 2 nitrogen and oxygen atoms in total. The molecule has 0 aliphatic heterocycles. The first-order valence-electron chi connectivity index (χ1n) is 11.7. The second kappa shape index (κ2) is 16.4. The Kier molecular flexibility index (Phi) is 14.9. The highest BCUT2D eigenvalue weighted by molar-refractivity contribution is 14.1. The number of phenols is 2. The van der Waals surface area contributed by atoms with Crippen molar-refractivity contribution >= 4 is 22.6 Å². The van der Waals surface area contributed by atoms with Gasteiger partial charge in [0.25, 0.3) is 0 Å². The highest BCUT2D eigenvalue weighted by Crippen LogP contribution is 2.29. The SMILES string of the molecule is CCCCCCCCCCCCCCCCC(I)Cc1cc(O)c(C)cc1O. The fourth-order valence-electron chi connectivity index (χ4n) is 3.79. The standard InChI is InChI=1S/C25H43IO2/c1-3-4-5-6-7-8-9-10-11-12-13-14-15-16-17-23(26)19-22-20-24(27)21(2)18-25(22)28/h18,20,23,27-28H,3-17,19H2,1-2H3. The van der Waals surface area contributed by atoms with Crippen LogP contribution < -0.4 is 0 Å². The zero-order chi connectivity index (χ0) is 20.6. The Morgan fingerprint density at radius 1 is 0.714 bits per heavy atom. The van der Waals surface area contributed by atoms with Crippen molar-refractivity contribution in [2.75, 3.05) is 0 Å². The Bertz CT molecular complexity index is 516. The van der Waals surface area contributed by atoms with E-state index in [0.29, 0.717) is 9.67 Å². The van der Waals surface area contributed by atoms with Gasteiger partial charge in [-0.05, 0) is 43.0 Å². The third-order valence-electron chi connectivity index (χ3n) is 5.71. The summed E-state index contributed by atoms with van der Waals surface area (Å²) in [6.45, 7) is 4.10. The van der Waals surface area contributed by atoms with Gasteiger partial charge < -0.3 is 10.2 Å². The summed E-state index contributed by atoms with van der Waals surface area (Å²) in [5.74, 6) is 0.603. The summed E-state index contributed by atoms with van der Waals surface area (Å²) < 4.78 is 0.517. The molecule has 0 spiro atoms. The van der Waals surface area contributed by atoms with Crippen molar-refractivity contribution in [3.63, 3.8) is 0 Å². The number of hydrogen-bond acceptors (Lipinski definition) is 2. The number of aryl methyl sites for hydroxylation is 1. The van der Waals surface area contributed by atoms with Gasteiger partial charge in [0.2, 0.25) is 0 Å². The topological polar surface area (TPSA) is 40.5 Å². The summed E-state index contributed by atoms with van der Waals surface area (Å²) in [5, 5.41) is 19.9. The number of unbranched alkanes of at least 4 members (excludes halogenated alkanes) is 13. The molecule has 0 heterocycles. The lowest BCUT2D eigenvalue weighted by Crippen LogP contribution is -2.03. The molecule has 0 saturated carbocycles. The van der Waals surface area contributed by atoms with E-state index < -0.39 is 0 Å². The van der Waals surface area contributed by atoms with Crippen molar-refractivity contribution in [1.82, 2.24) is 0 Å². The molecule has 162 valence electrons. The zero-order valence-electron chi connectivity index (χ0n) is 18.3. The van der Waals surface area contributed by atoms with Gasteiger partial charge in [0.15, 0.2) is 0 Å². The lowest BCUT2D eigenvalue weighted by Gasteiger charge is -2.12. The molecule has 0 aliphatic carbocycles. The first kappa shape index (κ1) is 25.6. The van der Waals surface area contributed by atoms with Crippen LogP contribution >= 0.6 is 22.6 Å². The van der Waals surface area contributed by atoms with Gasteiger partial charge in [-0.2, -0.15) is 0 Å². The smallest absolute Gasteiger partial charge is 0.119 e. The third-order valence-corrected chi connectivity index (χ3v) is 6.77. The number of benzene rings is 1. The van der Waals surface area contributed by atoms with Crippen molar-refractivity contribution in [2.24, 2.45) is 0 Å². The van der Waals surface area contributed by atoms with E-state index in [9.17, 15) is 10.2 Å². The maximum Gasteiger partial charge on any atom is 0.119 e. The molecule has 1 atom stereocenters. The van der Waals surface area contributed by atoms with Crippen LogP contribution in [0.5, 0.6) is 11.5 Å². The molecule has 1 aromatic carbocycles. The molecule has 0 aliphatic rings. The first-order chi connectivity index (χ1) is 13.5. The first-order valence-corrected chi connectivity index (χ1v) is 12.9. The van der Waals surface area contributed by atoms with E-state index in [1.165, 1.54) is 96.3 Å². The van der Waals surface area contributed by atoms with Crippen LogP contribution in [0, 0.1) is 6.92 Å². The highest BCUT2D eigenvalue weighted by atomic mass is 127. The van der Waals surface area contributed by atoms with Crippen LogP contribution in [0.2, 0.25) is 0 Å². The zero-order valence-corrected chi connectivity index (χ0v) is 20.5. The predicted molar refractivity (Wildman–Crippen MR) is 131 cm³/mol. The lowest BCUT2D eigenvalue weighted by atomic mass is 10.0. The van der Waals surface area contributed by atoms with Gasteiger partial charge in [-0.3, -0.25) is 0 Å². The second-order valence-electron chi connectivity index (χ2n) is 8.45. The molecule has 0 fully saturated rings. The molecular weight excluding hydrogens is 459 g/mol. The number of alkyl halides is 1. The van der Waals surface area contributed by atoms with Gasteiger partial charge in [-0.25, -0.2) is 0 Å². The molecule has 28 heavy (non-hydrogen) atoms. The highest BCUT2D eigenvalue weighted by Gasteiger charge is 2.11. The minimum atomic E-state index is 0.285. The van der Waals surface area contributed by atoms with E-state index in [4.69, 9.17) is 0 Å². The second-order valence-corrected chi connectivity index (χ2v) is 10.2. The van der Waals surface area contributed by atoms with E-state index in [1.54, 1.807) is 12.1 Å². The number of hydrogen-bond donors (Lipinski definition) is 2. The molecule has 1 unspecified atom stereocenters. The average Bonchev–Trinajstić information content (AvgIpc) is 2.66. The third kappa shape index (κ3) is 12.2. The summed E-state index contributed by atoms with van der Waals surface area (Å²) >= 11 is 2.49. The number of halogens is 1. The quantitative estimate of drug-likeness (QED) is 0.0969. The summed E-state index contributed by atoms with van der Waals surface area (Å²) in [4.78, 5) is 0. The van der Waals surface area contributed by atoms with Gasteiger partial charge in [-0.1, -0.05) is 119 Å². The summed E-state index contributed by atoms with van der Waals surface area (Å²) in [5.41, 5.74) is 1.60. The normalized spacial score (nSPS) is 12.4. The van der Waals surface area contributed by atoms with E-state index >= 15 is 0 Å². The summed E-state index contributed by atoms with van der Waals surface area (Å²) in [6, 6.07) is 3.39. The molecular formula is C25H43IO2. The number of phenolic OH excluding ortho intramolecular Hbond substituents is 2. The van der Waals surface area contributed by atoms with Crippen LogP contribution in [-0.4, -0.2) is 14.1 Å². The van der Waals surface area contributed by atoms with Crippen LogP contribution in [0.25, 0.3) is 0 Å². The molecule has 2 N–H and O–H groups in total. The van der Waals surface area contributed by atoms with E-state index in [-0.39, 0.29) is 5.75 Å². The van der Waals surface area contributed by atoms with Gasteiger partial charge in [-0.15, -0.1) is 0 Å². The van der Waals surface area contributed by atoms with Crippen LogP contribution in [0.15, 0.2) is 12.1 Å². The number of aromatic hydroxyl groups is 2. The van der Waals surface area contributed by atoms with Crippen LogP contribution in [0.3, 0.4) is 0 Å². The molecule has 1 aromatic rings. The monoisotopic (exact) mass is 502 g/mol. The maximum atomic E-state index is 10.0. The van der Waals surface area contributed by atoms with Crippen LogP contribution in [-0.2, 0) is 6.42 Å². The molecule has 0 saturated heterocycles. The van der Waals surface area contributed by atoms with E-state index in [0.717, 1.165) is 17.5 Å². The van der Waals surface area contributed by atoms with Gasteiger partial charge in [0.1, 0.15) is 11.5 Å². The van der Waals surface area contributed by atoms with Crippen molar-refractivity contribution in [3.05, 3.63) is 23.3 Å². The lowest BCUT2D eigenvalue weighted by molar-refractivity contribution is 0.450. The minimum absolute atomic E-state index is 0.285. The Morgan fingerprint density at radius 2 is 1.18 bits per heavy atom. The van der Waals surface area contributed by atoms with Crippen molar-refractivity contribution in [1.29, 1.82) is 0 Å². The van der Waals surface area contributed by atoms with E-state index in [1.807, 2.05) is 6.92 Å². The van der Waals surface area contributed by atoms with Crippen LogP contribution in [0.4, 0.5) is 0 Å². The molecule has 0 bridgehead atoms. The fourth-order valence-corrected chi connectivity index (χ4v) is 4.70. The molecule has 1 rings (SSSR count). The van der Waals surface area contributed by atoms with Crippen LogP contribution in [0.1, 0.15) is 114 Å². The number of rotatable bonds is 17. The van der Waals surface area contributed by atoms with Gasteiger partial charge >= 0.3 is 0 Å². The molecule has 0 aromatic heterocycles. The van der Waals surface area contributed by atoms with Crippen molar-refractivity contribution < 1.29 is 10.2 Å². The van der Waals surface area contributed by atoms with Crippen molar-refractivity contribution in [3.8, 4) is 11.5 Å². The molecule has 0 radical (unpaired) electrons. The van der Waals surface area contributed by atoms with Gasteiger partial charge in [0.05, 0.1) is 0 Å². The minimum Gasteiger partial charge on any atom is -0.508 e. The Balaban J connectivity index is 1.94. The maximum absolute atomic E-state index is 10.0. The summed E-state index contributed by atoms with van der Waals surface area (Å²) in [6.07, 6.45) is 21.5.